The van der Waals surface area contributed by atoms with Crippen molar-refractivity contribution in [3.63, 3.8) is 0 Å². The van der Waals surface area contributed by atoms with Gasteiger partial charge in [-0.3, -0.25) is 0 Å². The SMILES string of the molecule is CSc1c(Br)cc2sccc2c1O. The van der Waals surface area contributed by atoms with Gasteiger partial charge < -0.3 is 5.11 Å². The molecule has 1 N–H and O–H groups in total. The largest absolute Gasteiger partial charge is 0.506 e. The molecule has 1 nitrogen and oxygen atoms in total. The van der Waals surface area contributed by atoms with Crippen molar-refractivity contribution in [2.45, 2.75) is 4.90 Å². The van der Waals surface area contributed by atoms with Crippen LogP contribution in [0.25, 0.3) is 10.1 Å². The maximum atomic E-state index is 9.88. The quantitative estimate of drug-likeness (QED) is 0.791. The standard InChI is InChI=1S/C9H7BrOS2/c1-12-9-6(10)4-7-5(8(9)11)2-3-13-7/h2-4,11H,1H3. The number of hydrogen-bond acceptors (Lipinski definition) is 3. The highest BCUT2D eigenvalue weighted by molar-refractivity contribution is 9.10. The second-order valence-electron chi connectivity index (χ2n) is 2.57. The summed E-state index contributed by atoms with van der Waals surface area (Å²) in [5.74, 6) is 0.387. The summed E-state index contributed by atoms with van der Waals surface area (Å²) in [7, 11) is 0. The number of phenolic OH excluding ortho intramolecular Hbond substituents is 1. The highest BCUT2D eigenvalue weighted by atomic mass is 79.9. The van der Waals surface area contributed by atoms with E-state index in [2.05, 4.69) is 15.9 Å². The Hall–Kier alpha value is -0.190. The average Bonchev–Trinajstić information content (AvgIpc) is 2.53. The van der Waals surface area contributed by atoms with E-state index in [1.54, 1.807) is 23.1 Å². The molecule has 0 bridgehead atoms. The fraction of sp³-hybridized carbons (Fsp3) is 0.111. The zero-order valence-corrected chi connectivity index (χ0v) is 10.1. The second-order valence-corrected chi connectivity index (χ2v) is 5.19. The predicted molar refractivity (Wildman–Crippen MR) is 63.0 cm³/mol. The van der Waals surface area contributed by atoms with Crippen molar-refractivity contribution in [1.82, 2.24) is 0 Å². The maximum absolute atomic E-state index is 9.88. The van der Waals surface area contributed by atoms with Crippen molar-refractivity contribution in [2.24, 2.45) is 0 Å². The molecule has 0 saturated carbocycles. The third-order valence-electron chi connectivity index (χ3n) is 1.84. The van der Waals surface area contributed by atoms with Crippen LogP contribution in [0.1, 0.15) is 0 Å². The lowest BCUT2D eigenvalue weighted by Gasteiger charge is -2.04. The van der Waals surface area contributed by atoms with Crippen LogP contribution in [-0.2, 0) is 0 Å². The fourth-order valence-electron chi connectivity index (χ4n) is 1.24. The van der Waals surface area contributed by atoms with Crippen LogP contribution in [0, 0.1) is 0 Å². The fourth-order valence-corrected chi connectivity index (χ4v) is 3.68. The molecule has 13 heavy (non-hydrogen) atoms. The number of thioether (sulfide) groups is 1. The lowest BCUT2D eigenvalue weighted by Crippen LogP contribution is -1.76. The minimum atomic E-state index is 0.387. The van der Waals surface area contributed by atoms with E-state index in [9.17, 15) is 5.11 Å². The molecule has 4 heteroatoms. The zero-order valence-electron chi connectivity index (χ0n) is 6.87. The van der Waals surface area contributed by atoms with Gasteiger partial charge in [-0.1, -0.05) is 0 Å². The maximum Gasteiger partial charge on any atom is 0.138 e. The van der Waals surface area contributed by atoms with Crippen LogP contribution >= 0.6 is 39.0 Å². The molecule has 68 valence electrons. The molecule has 0 fully saturated rings. The number of benzene rings is 1. The summed E-state index contributed by atoms with van der Waals surface area (Å²) in [5, 5.41) is 12.8. The Labute approximate surface area is 92.9 Å². The first-order valence-electron chi connectivity index (χ1n) is 3.66. The highest BCUT2D eigenvalue weighted by Crippen LogP contribution is 2.41. The lowest BCUT2D eigenvalue weighted by molar-refractivity contribution is 0.468. The summed E-state index contributed by atoms with van der Waals surface area (Å²) in [6, 6.07) is 3.99. The third kappa shape index (κ3) is 1.47. The summed E-state index contributed by atoms with van der Waals surface area (Å²) >= 11 is 6.62. The number of hydrogen-bond donors (Lipinski definition) is 1. The smallest absolute Gasteiger partial charge is 0.138 e. The third-order valence-corrected chi connectivity index (χ3v) is 4.42. The molecule has 2 rings (SSSR count). The van der Waals surface area contributed by atoms with Gasteiger partial charge in [0.05, 0.1) is 4.90 Å². The van der Waals surface area contributed by atoms with Gasteiger partial charge in [0.25, 0.3) is 0 Å². The number of rotatable bonds is 1. The first-order chi connectivity index (χ1) is 6.24. The minimum Gasteiger partial charge on any atom is -0.506 e. The Bertz CT molecular complexity index is 450. The Kier molecular flexibility index (Phi) is 2.53. The van der Waals surface area contributed by atoms with Crippen LogP contribution in [0.2, 0.25) is 0 Å². The molecule has 0 unspecified atom stereocenters. The number of thiophene rings is 1. The van der Waals surface area contributed by atoms with E-state index in [1.165, 1.54) is 0 Å². The van der Waals surface area contributed by atoms with Gasteiger partial charge in [-0.25, -0.2) is 0 Å². The minimum absolute atomic E-state index is 0.387. The van der Waals surface area contributed by atoms with Crippen LogP contribution in [-0.4, -0.2) is 11.4 Å². The van der Waals surface area contributed by atoms with Gasteiger partial charge in [0.15, 0.2) is 0 Å². The molecule has 0 radical (unpaired) electrons. The number of fused-ring (bicyclic) bond motifs is 1. The molecule has 0 aliphatic carbocycles. The van der Waals surface area contributed by atoms with Gasteiger partial charge in [0.1, 0.15) is 5.75 Å². The van der Waals surface area contributed by atoms with Gasteiger partial charge >= 0.3 is 0 Å². The Balaban J connectivity index is 2.85. The van der Waals surface area contributed by atoms with Crippen LogP contribution < -0.4 is 0 Å². The summed E-state index contributed by atoms with van der Waals surface area (Å²) in [5.41, 5.74) is 0. The molecule has 0 saturated heterocycles. The van der Waals surface area contributed by atoms with E-state index in [-0.39, 0.29) is 0 Å². The van der Waals surface area contributed by atoms with Crippen molar-refractivity contribution in [3.8, 4) is 5.75 Å². The molecule has 0 aliphatic heterocycles. The van der Waals surface area contributed by atoms with Gasteiger partial charge in [0.2, 0.25) is 0 Å². The normalized spacial score (nSPS) is 10.9. The van der Waals surface area contributed by atoms with E-state index in [0.717, 1.165) is 19.5 Å². The second kappa shape index (κ2) is 3.52. The van der Waals surface area contributed by atoms with Crippen LogP contribution in [0.4, 0.5) is 0 Å². The summed E-state index contributed by atoms with van der Waals surface area (Å²) in [6.45, 7) is 0. The van der Waals surface area contributed by atoms with Crippen molar-refractivity contribution in [1.29, 1.82) is 0 Å². The molecule has 0 spiro atoms. The Morgan fingerprint density at radius 2 is 2.31 bits per heavy atom. The Morgan fingerprint density at radius 1 is 1.54 bits per heavy atom. The first kappa shape index (κ1) is 9.37. The number of phenols is 1. The molecule has 1 aromatic heterocycles. The van der Waals surface area contributed by atoms with E-state index in [4.69, 9.17) is 0 Å². The predicted octanol–water partition coefficient (Wildman–Crippen LogP) is 4.09. The van der Waals surface area contributed by atoms with Gasteiger partial charge in [-0.15, -0.1) is 23.1 Å². The number of aromatic hydroxyl groups is 1. The number of halogens is 1. The van der Waals surface area contributed by atoms with E-state index >= 15 is 0 Å². The van der Waals surface area contributed by atoms with Crippen molar-refractivity contribution >= 4 is 49.1 Å². The van der Waals surface area contributed by atoms with Gasteiger partial charge in [0, 0.05) is 14.6 Å². The van der Waals surface area contributed by atoms with Crippen LogP contribution in [0.3, 0.4) is 0 Å². The molecule has 0 atom stereocenters. The molecule has 2 aromatic rings. The topological polar surface area (TPSA) is 20.2 Å². The van der Waals surface area contributed by atoms with Gasteiger partial charge in [-0.2, -0.15) is 0 Å². The van der Waals surface area contributed by atoms with Crippen LogP contribution in [0.15, 0.2) is 26.9 Å². The molecular weight excluding hydrogens is 268 g/mol. The van der Waals surface area contributed by atoms with Gasteiger partial charge in [-0.05, 0) is 39.7 Å². The summed E-state index contributed by atoms with van der Waals surface area (Å²) < 4.78 is 2.08. The molecule has 0 aliphatic rings. The molecule has 1 aromatic carbocycles. The average molecular weight is 275 g/mol. The van der Waals surface area contributed by atoms with Crippen molar-refractivity contribution in [3.05, 3.63) is 22.0 Å². The Morgan fingerprint density at radius 3 is 3.00 bits per heavy atom. The first-order valence-corrected chi connectivity index (χ1v) is 6.56. The molecule has 1 heterocycles. The summed E-state index contributed by atoms with van der Waals surface area (Å²) in [4.78, 5) is 0.908. The molecular formula is C9H7BrOS2. The van der Waals surface area contributed by atoms with Crippen molar-refractivity contribution in [2.75, 3.05) is 6.26 Å². The van der Waals surface area contributed by atoms with Crippen molar-refractivity contribution < 1.29 is 5.11 Å². The monoisotopic (exact) mass is 274 g/mol. The summed E-state index contributed by atoms with van der Waals surface area (Å²) in [6.07, 6.45) is 1.96. The van der Waals surface area contributed by atoms with E-state index < -0.39 is 0 Å². The molecule has 0 amide bonds. The lowest BCUT2D eigenvalue weighted by atomic mass is 10.2. The van der Waals surface area contributed by atoms with E-state index in [0.29, 0.717) is 5.75 Å². The van der Waals surface area contributed by atoms with E-state index in [1.807, 2.05) is 23.8 Å². The zero-order chi connectivity index (χ0) is 9.42. The highest BCUT2D eigenvalue weighted by Gasteiger charge is 2.10. The van der Waals surface area contributed by atoms with Crippen LogP contribution in [0.5, 0.6) is 5.75 Å².